The van der Waals surface area contributed by atoms with E-state index in [2.05, 4.69) is 4.98 Å². The van der Waals surface area contributed by atoms with Gasteiger partial charge in [0, 0.05) is 12.1 Å². The second-order valence-electron chi connectivity index (χ2n) is 5.59. The molecule has 1 aromatic heterocycles. The summed E-state index contributed by atoms with van der Waals surface area (Å²) >= 11 is 1.23. The van der Waals surface area contributed by atoms with Crippen LogP contribution in [0.1, 0.15) is 23.7 Å². The maximum atomic E-state index is 13.0. The summed E-state index contributed by atoms with van der Waals surface area (Å²) in [6.07, 6.45) is 0.791. The smallest absolute Gasteiger partial charge is 0.262 e. The normalized spacial score (nSPS) is 11.0. The molecule has 128 valence electrons. The van der Waals surface area contributed by atoms with E-state index in [1.54, 1.807) is 16.7 Å². The molecule has 3 aromatic rings. The van der Waals surface area contributed by atoms with E-state index >= 15 is 0 Å². The average molecular weight is 356 g/mol. The van der Waals surface area contributed by atoms with Gasteiger partial charge in [0.05, 0.1) is 16.7 Å². The Labute approximate surface area is 148 Å². The zero-order valence-corrected chi connectivity index (χ0v) is 14.6. The molecule has 0 atom stereocenters. The lowest BCUT2D eigenvalue weighted by atomic mass is 10.1. The molecular weight excluding hydrogens is 339 g/mol. The number of para-hydroxylation sites is 1. The number of ketones is 1. The summed E-state index contributed by atoms with van der Waals surface area (Å²) in [4.78, 5) is 29.5. The molecule has 3 rings (SSSR count). The van der Waals surface area contributed by atoms with Crippen LogP contribution in [0.2, 0.25) is 0 Å². The molecular formula is C19H17FN2O2S. The first-order chi connectivity index (χ1) is 12.1. The van der Waals surface area contributed by atoms with E-state index in [9.17, 15) is 14.0 Å². The van der Waals surface area contributed by atoms with E-state index in [0.29, 0.717) is 28.2 Å². The standard InChI is InChI=1S/C19H17FN2O2S/c1-2-11-22-18(24)15-5-3-4-6-16(15)21-19(22)25-12-17(23)13-7-9-14(20)10-8-13/h3-10H,2,11-12H2,1H3. The number of nitrogens with zero attached hydrogens (tertiary/aromatic N) is 2. The molecule has 0 bridgehead atoms. The summed E-state index contributed by atoms with van der Waals surface area (Å²) in [5, 5.41) is 1.10. The molecule has 1 heterocycles. The van der Waals surface area contributed by atoms with Gasteiger partial charge in [0.2, 0.25) is 0 Å². The predicted octanol–water partition coefficient (Wildman–Crippen LogP) is 3.92. The minimum absolute atomic E-state index is 0.0934. The van der Waals surface area contributed by atoms with Crippen molar-refractivity contribution in [2.24, 2.45) is 0 Å². The Morgan fingerprint density at radius 3 is 2.60 bits per heavy atom. The van der Waals surface area contributed by atoms with Gasteiger partial charge in [-0.1, -0.05) is 30.8 Å². The largest absolute Gasteiger partial charge is 0.293 e. The molecule has 25 heavy (non-hydrogen) atoms. The first kappa shape index (κ1) is 17.4. The summed E-state index contributed by atoms with van der Waals surface area (Å²) in [6, 6.07) is 12.6. The number of thioether (sulfide) groups is 1. The van der Waals surface area contributed by atoms with E-state index in [1.165, 1.54) is 36.0 Å². The maximum Gasteiger partial charge on any atom is 0.262 e. The highest BCUT2D eigenvalue weighted by Crippen LogP contribution is 2.19. The van der Waals surface area contributed by atoms with Gasteiger partial charge in [-0.3, -0.25) is 14.2 Å². The summed E-state index contributed by atoms with van der Waals surface area (Å²) in [5.74, 6) is -0.368. The van der Waals surface area contributed by atoms with Crippen molar-refractivity contribution in [3.05, 3.63) is 70.3 Å². The quantitative estimate of drug-likeness (QED) is 0.382. The van der Waals surface area contributed by atoms with Crippen molar-refractivity contribution >= 4 is 28.4 Å². The molecule has 0 unspecified atom stereocenters. The van der Waals surface area contributed by atoms with E-state index < -0.39 is 0 Å². The maximum absolute atomic E-state index is 13.0. The SMILES string of the molecule is CCCn1c(SCC(=O)c2ccc(F)cc2)nc2ccccc2c1=O. The van der Waals surface area contributed by atoms with Crippen molar-refractivity contribution in [3.8, 4) is 0 Å². The van der Waals surface area contributed by atoms with Crippen LogP contribution in [-0.2, 0) is 6.54 Å². The number of hydrogen-bond donors (Lipinski definition) is 0. The number of carbonyl (C=O) groups excluding carboxylic acids is 1. The summed E-state index contributed by atoms with van der Waals surface area (Å²) in [5.41, 5.74) is 0.972. The molecule has 0 spiro atoms. The topological polar surface area (TPSA) is 52.0 Å². The van der Waals surface area contributed by atoms with Gasteiger partial charge in [0.25, 0.3) is 5.56 Å². The van der Waals surface area contributed by atoms with Gasteiger partial charge in [-0.25, -0.2) is 9.37 Å². The van der Waals surface area contributed by atoms with Gasteiger partial charge >= 0.3 is 0 Å². The highest BCUT2D eigenvalue weighted by molar-refractivity contribution is 7.99. The number of carbonyl (C=O) groups is 1. The molecule has 0 N–H and O–H groups in total. The van der Waals surface area contributed by atoms with E-state index in [4.69, 9.17) is 0 Å². The van der Waals surface area contributed by atoms with Crippen molar-refractivity contribution in [2.45, 2.75) is 25.0 Å². The molecule has 2 aromatic carbocycles. The number of benzene rings is 2. The van der Waals surface area contributed by atoms with E-state index in [-0.39, 0.29) is 22.9 Å². The molecule has 4 nitrogen and oxygen atoms in total. The zero-order valence-electron chi connectivity index (χ0n) is 13.7. The molecule has 0 saturated carbocycles. The fourth-order valence-electron chi connectivity index (χ4n) is 2.53. The van der Waals surface area contributed by atoms with Crippen LogP contribution in [0.15, 0.2) is 58.5 Å². The van der Waals surface area contributed by atoms with Crippen molar-refractivity contribution in [1.82, 2.24) is 9.55 Å². The Kier molecular flexibility index (Phi) is 5.28. The predicted molar refractivity (Wildman–Crippen MR) is 97.7 cm³/mol. The number of Topliss-reactive ketones (excluding diaryl/α,β-unsaturated/α-hetero) is 1. The lowest BCUT2D eigenvalue weighted by molar-refractivity contribution is 0.102. The minimum Gasteiger partial charge on any atom is -0.293 e. The average Bonchev–Trinajstić information content (AvgIpc) is 2.63. The van der Waals surface area contributed by atoms with E-state index in [0.717, 1.165) is 6.42 Å². The van der Waals surface area contributed by atoms with Gasteiger partial charge in [-0.15, -0.1) is 0 Å². The van der Waals surface area contributed by atoms with Crippen LogP contribution in [0.3, 0.4) is 0 Å². The summed E-state index contributed by atoms with van der Waals surface area (Å²) < 4.78 is 14.6. The first-order valence-electron chi connectivity index (χ1n) is 8.01. The fraction of sp³-hybridized carbons (Fsp3) is 0.211. The van der Waals surface area contributed by atoms with Crippen molar-refractivity contribution in [2.75, 3.05) is 5.75 Å². The van der Waals surface area contributed by atoms with Crippen molar-refractivity contribution in [3.63, 3.8) is 0 Å². The monoisotopic (exact) mass is 356 g/mol. The summed E-state index contributed by atoms with van der Waals surface area (Å²) in [6.45, 7) is 2.53. The second-order valence-corrected chi connectivity index (χ2v) is 6.53. The zero-order chi connectivity index (χ0) is 17.8. The van der Waals surface area contributed by atoms with Crippen LogP contribution in [0, 0.1) is 5.82 Å². The molecule has 0 saturated heterocycles. The van der Waals surface area contributed by atoms with Gasteiger partial charge in [-0.05, 0) is 42.8 Å². The first-order valence-corrected chi connectivity index (χ1v) is 9.00. The number of hydrogen-bond acceptors (Lipinski definition) is 4. The highest BCUT2D eigenvalue weighted by atomic mass is 32.2. The second kappa shape index (κ2) is 7.61. The third-order valence-electron chi connectivity index (χ3n) is 3.77. The Hall–Kier alpha value is -2.47. The van der Waals surface area contributed by atoms with Gasteiger partial charge in [-0.2, -0.15) is 0 Å². The summed E-state index contributed by atoms with van der Waals surface area (Å²) in [7, 11) is 0. The Balaban J connectivity index is 1.89. The number of halogens is 1. The Bertz CT molecular complexity index is 967. The molecule has 0 aliphatic carbocycles. The third kappa shape index (κ3) is 3.79. The molecule has 0 aliphatic heterocycles. The van der Waals surface area contributed by atoms with Crippen LogP contribution in [0.25, 0.3) is 10.9 Å². The Morgan fingerprint density at radius 2 is 1.88 bits per heavy atom. The van der Waals surface area contributed by atoms with Gasteiger partial charge < -0.3 is 0 Å². The number of aromatic nitrogens is 2. The molecule has 0 aliphatic rings. The molecule has 0 radical (unpaired) electrons. The van der Waals surface area contributed by atoms with Crippen molar-refractivity contribution < 1.29 is 9.18 Å². The number of rotatable bonds is 6. The fourth-order valence-corrected chi connectivity index (χ4v) is 3.45. The van der Waals surface area contributed by atoms with Gasteiger partial charge in [0.15, 0.2) is 10.9 Å². The van der Waals surface area contributed by atoms with Crippen LogP contribution in [0.5, 0.6) is 0 Å². The minimum atomic E-state index is -0.378. The van der Waals surface area contributed by atoms with Crippen LogP contribution in [-0.4, -0.2) is 21.1 Å². The van der Waals surface area contributed by atoms with Crippen LogP contribution < -0.4 is 5.56 Å². The van der Waals surface area contributed by atoms with Crippen LogP contribution >= 0.6 is 11.8 Å². The van der Waals surface area contributed by atoms with Crippen LogP contribution in [0.4, 0.5) is 4.39 Å². The molecule has 0 fully saturated rings. The lowest BCUT2D eigenvalue weighted by Crippen LogP contribution is -2.23. The lowest BCUT2D eigenvalue weighted by Gasteiger charge is -2.12. The van der Waals surface area contributed by atoms with Crippen molar-refractivity contribution in [1.29, 1.82) is 0 Å². The Morgan fingerprint density at radius 1 is 1.16 bits per heavy atom. The number of fused-ring (bicyclic) bond motifs is 1. The highest BCUT2D eigenvalue weighted by Gasteiger charge is 2.13. The molecule has 6 heteroatoms. The van der Waals surface area contributed by atoms with E-state index in [1.807, 2.05) is 19.1 Å². The third-order valence-corrected chi connectivity index (χ3v) is 4.75. The molecule has 0 amide bonds. The van der Waals surface area contributed by atoms with Gasteiger partial charge in [0.1, 0.15) is 5.82 Å².